The summed E-state index contributed by atoms with van der Waals surface area (Å²) in [7, 11) is 1.33. The quantitative estimate of drug-likeness (QED) is 0.711. The van der Waals surface area contributed by atoms with Crippen molar-refractivity contribution in [2.45, 2.75) is 13.3 Å². The van der Waals surface area contributed by atoms with Crippen LogP contribution in [0.3, 0.4) is 0 Å². The Balaban J connectivity index is 2.15. The van der Waals surface area contributed by atoms with Crippen LogP contribution < -0.4 is 5.32 Å². The number of esters is 1. The molecule has 0 fully saturated rings. The van der Waals surface area contributed by atoms with Gasteiger partial charge in [-0.05, 0) is 48.9 Å². The zero-order valence-electron chi connectivity index (χ0n) is 14.0. The number of nitrogens with zero attached hydrogens (tertiary/aromatic N) is 2. The molecule has 0 amide bonds. The van der Waals surface area contributed by atoms with Crippen LogP contribution in [-0.4, -0.2) is 29.6 Å². The first-order valence-electron chi connectivity index (χ1n) is 8.02. The van der Waals surface area contributed by atoms with E-state index in [9.17, 15) is 9.18 Å². The van der Waals surface area contributed by atoms with E-state index in [1.165, 1.54) is 19.2 Å². The standard InChI is InChI=1S/C19H18FN3O2/c1-3-10-21-18-17(12-4-7-14(20)8-5-12)22-16-11-13(19(24)25-2)6-9-15(16)23-18/h4-9,11H,3,10H2,1-2H3,(H,21,23). The van der Waals surface area contributed by atoms with Crippen LogP contribution in [0.15, 0.2) is 42.5 Å². The smallest absolute Gasteiger partial charge is 0.337 e. The van der Waals surface area contributed by atoms with Gasteiger partial charge in [0.15, 0.2) is 5.82 Å². The summed E-state index contributed by atoms with van der Waals surface area (Å²) in [6.07, 6.45) is 0.934. The molecule has 1 N–H and O–H groups in total. The van der Waals surface area contributed by atoms with E-state index in [0.717, 1.165) is 18.5 Å². The van der Waals surface area contributed by atoms with Crippen LogP contribution in [0.5, 0.6) is 0 Å². The first-order chi connectivity index (χ1) is 12.1. The van der Waals surface area contributed by atoms with Gasteiger partial charge in [-0.2, -0.15) is 0 Å². The van der Waals surface area contributed by atoms with E-state index in [-0.39, 0.29) is 5.82 Å². The van der Waals surface area contributed by atoms with Gasteiger partial charge in [0.2, 0.25) is 0 Å². The maximum Gasteiger partial charge on any atom is 0.337 e. The summed E-state index contributed by atoms with van der Waals surface area (Å²) in [4.78, 5) is 21.0. The Labute approximate surface area is 144 Å². The summed E-state index contributed by atoms with van der Waals surface area (Å²) in [5.74, 6) is -0.111. The molecule has 0 radical (unpaired) electrons. The number of fused-ring (bicyclic) bond motifs is 1. The van der Waals surface area contributed by atoms with Gasteiger partial charge in [0.1, 0.15) is 11.5 Å². The van der Waals surface area contributed by atoms with E-state index < -0.39 is 5.97 Å². The molecule has 0 saturated carbocycles. The van der Waals surface area contributed by atoms with E-state index in [4.69, 9.17) is 4.74 Å². The van der Waals surface area contributed by atoms with E-state index >= 15 is 0 Å². The van der Waals surface area contributed by atoms with Crippen molar-refractivity contribution in [3.63, 3.8) is 0 Å². The third-order valence-electron chi connectivity index (χ3n) is 3.75. The second kappa shape index (κ2) is 7.25. The monoisotopic (exact) mass is 339 g/mol. The van der Waals surface area contributed by atoms with Crippen molar-refractivity contribution >= 4 is 22.8 Å². The maximum absolute atomic E-state index is 13.2. The van der Waals surface area contributed by atoms with E-state index in [1.54, 1.807) is 30.3 Å². The van der Waals surface area contributed by atoms with E-state index in [1.807, 2.05) is 0 Å². The summed E-state index contributed by atoms with van der Waals surface area (Å²) >= 11 is 0. The Bertz CT molecular complexity index is 910. The number of benzene rings is 2. The molecule has 0 atom stereocenters. The SMILES string of the molecule is CCCNc1nc2ccc(C(=O)OC)cc2nc1-c1ccc(F)cc1. The van der Waals surface area contributed by atoms with Crippen LogP contribution in [0.2, 0.25) is 0 Å². The highest BCUT2D eigenvalue weighted by Gasteiger charge is 2.13. The van der Waals surface area contributed by atoms with Gasteiger partial charge >= 0.3 is 5.97 Å². The van der Waals surface area contributed by atoms with Gasteiger partial charge in [0.05, 0.1) is 23.7 Å². The number of carbonyl (C=O) groups excluding carboxylic acids is 1. The summed E-state index contributed by atoms with van der Waals surface area (Å²) in [5.41, 5.74) is 3.01. The van der Waals surface area contributed by atoms with Crippen molar-refractivity contribution in [2.24, 2.45) is 0 Å². The van der Waals surface area contributed by atoms with Gasteiger partial charge in [0, 0.05) is 12.1 Å². The average molecular weight is 339 g/mol. The lowest BCUT2D eigenvalue weighted by molar-refractivity contribution is 0.0601. The fraction of sp³-hybridized carbons (Fsp3) is 0.211. The Morgan fingerprint density at radius 3 is 2.56 bits per heavy atom. The molecule has 25 heavy (non-hydrogen) atoms. The molecule has 3 aromatic rings. The summed E-state index contributed by atoms with van der Waals surface area (Å²) in [6.45, 7) is 2.80. The number of nitrogens with one attached hydrogen (secondary N) is 1. The molecule has 128 valence electrons. The molecule has 3 rings (SSSR count). The molecule has 0 aliphatic heterocycles. The van der Waals surface area contributed by atoms with Crippen molar-refractivity contribution < 1.29 is 13.9 Å². The minimum Gasteiger partial charge on any atom is -0.465 e. The normalized spacial score (nSPS) is 10.7. The van der Waals surface area contributed by atoms with Gasteiger partial charge in [-0.3, -0.25) is 0 Å². The largest absolute Gasteiger partial charge is 0.465 e. The number of aromatic nitrogens is 2. The summed E-state index contributed by atoms with van der Waals surface area (Å²) in [5, 5.41) is 3.26. The lowest BCUT2D eigenvalue weighted by atomic mass is 10.1. The molecule has 1 heterocycles. The number of rotatable bonds is 5. The number of anilines is 1. The van der Waals surface area contributed by atoms with Crippen LogP contribution in [0, 0.1) is 5.82 Å². The van der Waals surface area contributed by atoms with Gasteiger partial charge in [-0.25, -0.2) is 19.2 Å². The fourth-order valence-corrected chi connectivity index (χ4v) is 2.47. The highest BCUT2D eigenvalue weighted by molar-refractivity contribution is 5.94. The zero-order valence-corrected chi connectivity index (χ0v) is 14.0. The zero-order chi connectivity index (χ0) is 17.8. The van der Waals surface area contributed by atoms with Crippen LogP contribution in [0.1, 0.15) is 23.7 Å². The Hall–Kier alpha value is -3.02. The molecule has 0 aliphatic rings. The Morgan fingerprint density at radius 2 is 1.88 bits per heavy atom. The lowest BCUT2D eigenvalue weighted by Gasteiger charge is -2.12. The number of hydrogen-bond donors (Lipinski definition) is 1. The minimum absolute atomic E-state index is 0.312. The lowest BCUT2D eigenvalue weighted by Crippen LogP contribution is -2.06. The average Bonchev–Trinajstić information content (AvgIpc) is 2.65. The predicted octanol–water partition coefficient (Wildman–Crippen LogP) is 4.04. The molecule has 0 bridgehead atoms. The second-order valence-corrected chi connectivity index (χ2v) is 5.55. The molecule has 1 aromatic heterocycles. The number of methoxy groups -OCH3 is 1. The summed E-state index contributed by atoms with van der Waals surface area (Å²) in [6, 6.07) is 11.1. The van der Waals surface area contributed by atoms with Gasteiger partial charge in [0.25, 0.3) is 0 Å². The van der Waals surface area contributed by atoms with Gasteiger partial charge < -0.3 is 10.1 Å². The molecule has 0 unspecified atom stereocenters. The molecule has 0 aliphatic carbocycles. The molecule has 0 saturated heterocycles. The molecule has 5 nitrogen and oxygen atoms in total. The first-order valence-corrected chi connectivity index (χ1v) is 8.02. The number of ether oxygens (including phenoxy) is 1. The third kappa shape index (κ3) is 3.57. The summed E-state index contributed by atoms with van der Waals surface area (Å²) < 4.78 is 18.0. The van der Waals surface area contributed by atoms with Crippen LogP contribution in [0.4, 0.5) is 10.2 Å². The van der Waals surface area contributed by atoms with E-state index in [2.05, 4.69) is 22.2 Å². The van der Waals surface area contributed by atoms with Crippen LogP contribution >= 0.6 is 0 Å². The van der Waals surface area contributed by atoms with Crippen molar-refractivity contribution in [3.05, 3.63) is 53.8 Å². The van der Waals surface area contributed by atoms with Crippen molar-refractivity contribution in [1.82, 2.24) is 9.97 Å². The van der Waals surface area contributed by atoms with Crippen molar-refractivity contribution in [1.29, 1.82) is 0 Å². The van der Waals surface area contributed by atoms with Crippen molar-refractivity contribution in [3.8, 4) is 11.3 Å². The van der Waals surface area contributed by atoms with Crippen molar-refractivity contribution in [2.75, 3.05) is 19.0 Å². The highest BCUT2D eigenvalue weighted by atomic mass is 19.1. The number of carbonyl (C=O) groups is 1. The molecule has 6 heteroatoms. The Morgan fingerprint density at radius 1 is 1.12 bits per heavy atom. The van der Waals surface area contributed by atoms with Crippen LogP contribution in [-0.2, 0) is 4.74 Å². The molecular weight excluding hydrogens is 321 g/mol. The first kappa shape index (κ1) is 16.8. The molecule has 2 aromatic carbocycles. The topological polar surface area (TPSA) is 64.1 Å². The number of hydrogen-bond acceptors (Lipinski definition) is 5. The number of halogens is 1. The van der Waals surface area contributed by atoms with Gasteiger partial charge in [-0.1, -0.05) is 6.92 Å². The highest BCUT2D eigenvalue weighted by Crippen LogP contribution is 2.27. The third-order valence-corrected chi connectivity index (χ3v) is 3.75. The van der Waals surface area contributed by atoms with Crippen LogP contribution in [0.25, 0.3) is 22.3 Å². The maximum atomic E-state index is 13.2. The second-order valence-electron chi connectivity index (χ2n) is 5.55. The fourth-order valence-electron chi connectivity index (χ4n) is 2.47. The minimum atomic E-state index is -0.430. The molecule has 0 spiro atoms. The van der Waals surface area contributed by atoms with Gasteiger partial charge in [-0.15, -0.1) is 0 Å². The predicted molar refractivity (Wildman–Crippen MR) is 95.1 cm³/mol. The molecular formula is C19H18FN3O2. The Kier molecular flexibility index (Phi) is 4.88. The van der Waals surface area contributed by atoms with E-state index in [0.29, 0.717) is 28.1 Å².